The van der Waals surface area contributed by atoms with E-state index in [2.05, 4.69) is 12.2 Å². The van der Waals surface area contributed by atoms with E-state index in [1.807, 2.05) is 11.8 Å². The van der Waals surface area contributed by atoms with Crippen LogP contribution in [-0.2, 0) is 4.79 Å². The van der Waals surface area contributed by atoms with Crippen LogP contribution in [0.1, 0.15) is 51.9 Å². The molecule has 0 aromatic rings. The lowest BCUT2D eigenvalue weighted by Gasteiger charge is -2.28. The standard InChI is InChI=1S/C14H26N2OS.ClH/c1-2-18-13-8-4-7-12(13)16-14(17)10-5-3-6-11(15)9-10;/h10-13H,2-9,15H2,1H3,(H,16,17);1H. The fourth-order valence-electron chi connectivity index (χ4n) is 3.27. The fraction of sp³-hybridized carbons (Fsp3) is 0.929. The Morgan fingerprint density at radius 1 is 1.26 bits per heavy atom. The summed E-state index contributed by atoms with van der Waals surface area (Å²) in [4.78, 5) is 12.3. The first kappa shape index (κ1) is 17.1. The zero-order valence-electron chi connectivity index (χ0n) is 11.8. The molecule has 112 valence electrons. The predicted molar refractivity (Wildman–Crippen MR) is 84.9 cm³/mol. The van der Waals surface area contributed by atoms with Crippen LogP contribution in [0.25, 0.3) is 0 Å². The molecule has 0 aromatic carbocycles. The number of nitrogens with one attached hydrogen (secondary N) is 1. The number of carbonyl (C=O) groups is 1. The maximum absolute atomic E-state index is 12.3. The average molecular weight is 307 g/mol. The molecular weight excluding hydrogens is 280 g/mol. The van der Waals surface area contributed by atoms with Crippen molar-refractivity contribution in [3.05, 3.63) is 0 Å². The van der Waals surface area contributed by atoms with Gasteiger partial charge >= 0.3 is 0 Å². The minimum Gasteiger partial charge on any atom is -0.352 e. The molecule has 0 aromatic heterocycles. The van der Waals surface area contributed by atoms with Gasteiger partial charge in [0.25, 0.3) is 0 Å². The lowest BCUT2D eigenvalue weighted by Crippen LogP contribution is -2.44. The highest BCUT2D eigenvalue weighted by Crippen LogP contribution is 2.31. The molecule has 0 radical (unpaired) electrons. The Kier molecular flexibility index (Phi) is 7.55. The molecular formula is C14H27ClN2OS. The highest BCUT2D eigenvalue weighted by atomic mass is 35.5. The molecule has 0 bridgehead atoms. The van der Waals surface area contributed by atoms with Crippen LogP contribution in [-0.4, -0.2) is 29.0 Å². The lowest BCUT2D eigenvalue weighted by atomic mass is 9.85. The van der Waals surface area contributed by atoms with Gasteiger partial charge in [0.1, 0.15) is 0 Å². The van der Waals surface area contributed by atoms with Gasteiger partial charge in [-0.05, 0) is 37.9 Å². The summed E-state index contributed by atoms with van der Waals surface area (Å²) in [5.41, 5.74) is 5.96. The molecule has 4 unspecified atom stereocenters. The number of halogens is 1. The molecule has 2 aliphatic rings. The van der Waals surface area contributed by atoms with Crippen LogP contribution in [0.15, 0.2) is 0 Å². The van der Waals surface area contributed by atoms with E-state index in [0.29, 0.717) is 11.3 Å². The molecule has 5 heteroatoms. The molecule has 3 nitrogen and oxygen atoms in total. The molecule has 0 aliphatic heterocycles. The largest absolute Gasteiger partial charge is 0.352 e. The molecule has 2 aliphatic carbocycles. The Morgan fingerprint density at radius 3 is 2.68 bits per heavy atom. The van der Waals surface area contributed by atoms with E-state index < -0.39 is 0 Å². The smallest absolute Gasteiger partial charge is 0.223 e. The third-order valence-electron chi connectivity index (χ3n) is 4.25. The van der Waals surface area contributed by atoms with Crippen molar-refractivity contribution in [2.24, 2.45) is 11.7 Å². The quantitative estimate of drug-likeness (QED) is 0.839. The predicted octanol–water partition coefficient (Wildman–Crippen LogP) is 2.72. The first-order chi connectivity index (χ1) is 8.70. The van der Waals surface area contributed by atoms with E-state index in [-0.39, 0.29) is 30.3 Å². The van der Waals surface area contributed by atoms with Gasteiger partial charge in [-0.15, -0.1) is 12.4 Å². The number of carbonyl (C=O) groups excluding carboxylic acids is 1. The van der Waals surface area contributed by atoms with Crippen molar-refractivity contribution < 1.29 is 4.79 Å². The zero-order valence-corrected chi connectivity index (χ0v) is 13.4. The van der Waals surface area contributed by atoms with Gasteiger partial charge in [-0.1, -0.05) is 19.8 Å². The molecule has 2 saturated carbocycles. The molecule has 2 fully saturated rings. The Morgan fingerprint density at radius 2 is 2.00 bits per heavy atom. The van der Waals surface area contributed by atoms with Crippen LogP contribution < -0.4 is 11.1 Å². The molecule has 2 rings (SSSR count). The van der Waals surface area contributed by atoms with Crippen LogP contribution in [0, 0.1) is 5.92 Å². The number of amides is 1. The van der Waals surface area contributed by atoms with Crippen molar-refractivity contribution in [3.8, 4) is 0 Å². The second kappa shape index (κ2) is 8.38. The first-order valence-corrected chi connectivity index (χ1v) is 8.43. The van der Waals surface area contributed by atoms with Gasteiger partial charge in [-0.3, -0.25) is 4.79 Å². The van der Waals surface area contributed by atoms with Crippen LogP contribution in [0.4, 0.5) is 0 Å². The van der Waals surface area contributed by atoms with Gasteiger partial charge in [0.05, 0.1) is 0 Å². The summed E-state index contributed by atoms with van der Waals surface area (Å²) in [5, 5.41) is 3.92. The molecule has 4 atom stereocenters. The molecule has 0 saturated heterocycles. The second-order valence-electron chi connectivity index (χ2n) is 5.66. The zero-order chi connectivity index (χ0) is 13.0. The van der Waals surface area contributed by atoms with E-state index in [1.165, 1.54) is 12.8 Å². The van der Waals surface area contributed by atoms with Crippen molar-refractivity contribution in [3.63, 3.8) is 0 Å². The van der Waals surface area contributed by atoms with Crippen molar-refractivity contribution in [1.29, 1.82) is 0 Å². The summed E-state index contributed by atoms with van der Waals surface area (Å²) < 4.78 is 0. The van der Waals surface area contributed by atoms with Gasteiger partial charge in [0, 0.05) is 23.3 Å². The maximum Gasteiger partial charge on any atom is 0.223 e. The first-order valence-electron chi connectivity index (χ1n) is 7.38. The average Bonchev–Trinajstić information content (AvgIpc) is 2.77. The normalized spacial score (nSPS) is 34.6. The monoisotopic (exact) mass is 306 g/mol. The molecule has 1 amide bonds. The summed E-state index contributed by atoms with van der Waals surface area (Å²) in [7, 11) is 0. The highest BCUT2D eigenvalue weighted by molar-refractivity contribution is 7.99. The van der Waals surface area contributed by atoms with Gasteiger partial charge < -0.3 is 11.1 Å². The van der Waals surface area contributed by atoms with Crippen LogP contribution in [0.2, 0.25) is 0 Å². The topological polar surface area (TPSA) is 55.1 Å². The Labute approximate surface area is 127 Å². The van der Waals surface area contributed by atoms with Crippen molar-refractivity contribution >= 4 is 30.1 Å². The number of thioether (sulfide) groups is 1. The van der Waals surface area contributed by atoms with E-state index in [9.17, 15) is 4.79 Å². The van der Waals surface area contributed by atoms with Crippen molar-refractivity contribution in [2.75, 3.05) is 5.75 Å². The van der Waals surface area contributed by atoms with E-state index >= 15 is 0 Å². The summed E-state index contributed by atoms with van der Waals surface area (Å²) in [6.45, 7) is 2.20. The minimum atomic E-state index is 0. The third-order valence-corrected chi connectivity index (χ3v) is 5.57. The molecule has 3 N–H and O–H groups in total. The minimum absolute atomic E-state index is 0. The maximum atomic E-state index is 12.3. The highest BCUT2D eigenvalue weighted by Gasteiger charge is 2.32. The van der Waals surface area contributed by atoms with Crippen molar-refractivity contribution in [2.45, 2.75) is 69.2 Å². The van der Waals surface area contributed by atoms with Gasteiger partial charge in [-0.2, -0.15) is 11.8 Å². The van der Waals surface area contributed by atoms with Gasteiger partial charge in [-0.25, -0.2) is 0 Å². The van der Waals surface area contributed by atoms with Crippen molar-refractivity contribution in [1.82, 2.24) is 5.32 Å². The summed E-state index contributed by atoms with van der Waals surface area (Å²) in [6.07, 6.45) is 7.77. The third kappa shape index (κ3) is 4.83. The molecule has 0 spiro atoms. The van der Waals surface area contributed by atoms with E-state index in [0.717, 1.165) is 37.9 Å². The number of hydrogen-bond donors (Lipinski definition) is 2. The van der Waals surface area contributed by atoms with E-state index in [4.69, 9.17) is 5.73 Å². The lowest BCUT2D eigenvalue weighted by molar-refractivity contribution is -0.126. The summed E-state index contributed by atoms with van der Waals surface area (Å²) in [6, 6.07) is 0.638. The summed E-state index contributed by atoms with van der Waals surface area (Å²) in [5.74, 6) is 1.58. The van der Waals surface area contributed by atoms with Gasteiger partial charge in [0.15, 0.2) is 0 Å². The molecule has 19 heavy (non-hydrogen) atoms. The Balaban J connectivity index is 0.00000180. The second-order valence-corrected chi connectivity index (χ2v) is 7.18. The number of rotatable bonds is 4. The Bertz CT molecular complexity index is 291. The summed E-state index contributed by atoms with van der Waals surface area (Å²) >= 11 is 2.00. The molecule has 0 heterocycles. The fourth-order valence-corrected chi connectivity index (χ4v) is 4.47. The Hall–Kier alpha value is 0.0700. The number of nitrogens with two attached hydrogens (primary N) is 1. The van der Waals surface area contributed by atoms with Crippen LogP contribution in [0.3, 0.4) is 0 Å². The number of hydrogen-bond acceptors (Lipinski definition) is 3. The van der Waals surface area contributed by atoms with Crippen LogP contribution in [0.5, 0.6) is 0 Å². The SMILES string of the molecule is CCSC1CCCC1NC(=O)C1CCCC(N)C1.Cl. The van der Waals surface area contributed by atoms with Gasteiger partial charge in [0.2, 0.25) is 5.91 Å². The van der Waals surface area contributed by atoms with E-state index in [1.54, 1.807) is 0 Å². The van der Waals surface area contributed by atoms with Crippen LogP contribution >= 0.6 is 24.2 Å².